The molecule has 0 aliphatic carbocycles. The summed E-state index contributed by atoms with van der Waals surface area (Å²) in [6.45, 7) is 5.63. The topological polar surface area (TPSA) is 64.3 Å². The first-order valence-electron chi connectivity index (χ1n) is 5.27. The van der Waals surface area contributed by atoms with Crippen LogP contribution in [0.1, 0.15) is 20.8 Å². The Bertz CT molecular complexity index is 413. The number of nitrogen functional groups attached to an aromatic ring is 1. The molecule has 0 saturated heterocycles. The predicted octanol–water partition coefficient (Wildman–Crippen LogP) is 2.68. The lowest BCUT2D eigenvalue weighted by molar-refractivity contribution is -0.125. The molecule has 0 aliphatic heterocycles. The number of nitrogens with one attached hydrogen (secondary N) is 1. The van der Waals surface area contributed by atoms with Gasteiger partial charge in [-0.15, -0.1) is 0 Å². The highest BCUT2D eigenvalue weighted by atomic mass is 35.5. The molecule has 0 atom stereocenters. The van der Waals surface area contributed by atoms with Crippen LogP contribution in [0.15, 0.2) is 18.2 Å². The molecule has 1 rings (SSSR count). The molecule has 0 unspecified atom stereocenters. The quantitative estimate of drug-likeness (QED) is 0.818. The SMILES string of the molecule is CC(C)(C)OCC(=O)Nc1cc(N)ccc1Cl. The molecule has 0 heterocycles. The van der Waals surface area contributed by atoms with Gasteiger partial charge in [-0.05, 0) is 39.0 Å². The second kappa shape index (κ2) is 5.38. The van der Waals surface area contributed by atoms with Crippen molar-refractivity contribution in [2.75, 3.05) is 17.7 Å². The van der Waals surface area contributed by atoms with Crippen LogP contribution in [-0.4, -0.2) is 18.1 Å². The van der Waals surface area contributed by atoms with Crippen molar-refractivity contribution in [3.63, 3.8) is 0 Å². The molecule has 1 aromatic carbocycles. The molecule has 1 amide bonds. The van der Waals surface area contributed by atoms with E-state index >= 15 is 0 Å². The highest BCUT2D eigenvalue weighted by molar-refractivity contribution is 6.33. The van der Waals surface area contributed by atoms with E-state index in [1.807, 2.05) is 20.8 Å². The summed E-state index contributed by atoms with van der Waals surface area (Å²) < 4.78 is 5.35. The first kappa shape index (κ1) is 13.8. The number of nitrogens with two attached hydrogens (primary N) is 1. The van der Waals surface area contributed by atoms with E-state index in [0.717, 1.165) is 0 Å². The lowest BCUT2D eigenvalue weighted by Gasteiger charge is -2.19. The zero-order valence-electron chi connectivity index (χ0n) is 10.2. The Morgan fingerprint density at radius 2 is 2.12 bits per heavy atom. The number of amides is 1. The van der Waals surface area contributed by atoms with Crippen molar-refractivity contribution < 1.29 is 9.53 Å². The van der Waals surface area contributed by atoms with Crippen LogP contribution in [0, 0.1) is 0 Å². The number of halogens is 1. The molecule has 0 radical (unpaired) electrons. The van der Waals surface area contributed by atoms with Gasteiger partial charge in [0.15, 0.2) is 0 Å². The van der Waals surface area contributed by atoms with Gasteiger partial charge in [0.25, 0.3) is 0 Å². The van der Waals surface area contributed by atoms with Crippen LogP contribution < -0.4 is 11.1 Å². The van der Waals surface area contributed by atoms with Crippen molar-refractivity contribution in [3.8, 4) is 0 Å². The Kier molecular flexibility index (Phi) is 4.37. The molecule has 94 valence electrons. The fraction of sp³-hybridized carbons (Fsp3) is 0.417. The lowest BCUT2D eigenvalue weighted by atomic mass is 10.2. The third-order valence-corrected chi connectivity index (χ3v) is 2.23. The fourth-order valence-corrected chi connectivity index (χ4v) is 1.27. The molecule has 3 N–H and O–H groups in total. The van der Waals surface area contributed by atoms with Gasteiger partial charge in [-0.2, -0.15) is 0 Å². The molecule has 0 aromatic heterocycles. The molecule has 0 bridgehead atoms. The van der Waals surface area contributed by atoms with Gasteiger partial charge in [-0.1, -0.05) is 11.6 Å². The van der Waals surface area contributed by atoms with E-state index in [0.29, 0.717) is 16.4 Å². The molecule has 17 heavy (non-hydrogen) atoms. The molecule has 0 spiro atoms. The van der Waals surface area contributed by atoms with Crippen LogP contribution in [-0.2, 0) is 9.53 Å². The summed E-state index contributed by atoms with van der Waals surface area (Å²) in [5, 5.41) is 3.10. The minimum absolute atomic E-state index is 0.0192. The van der Waals surface area contributed by atoms with Crippen molar-refractivity contribution in [1.82, 2.24) is 0 Å². The summed E-state index contributed by atoms with van der Waals surface area (Å²) >= 11 is 5.92. The summed E-state index contributed by atoms with van der Waals surface area (Å²) in [7, 11) is 0. The van der Waals surface area contributed by atoms with Gasteiger partial charge in [-0.25, -0.2) is 0 Å². The number of rotatable bonds is 3. The third kappa shape index (κ3) is 5.06. The van der Waals surface area contributed by atoms with E-state index in [4.69, 9.17) is 22.1 Å². The van der Waals surface area contributed by atoms with Crippen LogP contribution in [0.25, 0.3) is 0 Å². The van der Waals surface area contributed by atoms with Gasteiger partial charge in [0.1, 0.15) is 6.61 Å². The smallest absolute Gasteiger partial charge is 0.250 e. The highest BCUT2D eigenvalue weighted by Crippen LogP contribution is 2.24. The van der Waals surface area contributed by atoms with Crippen LogP contribution in [0.4, 0.5) is 11.4 Å². The Morgan fingerprint density at radius 3 is 2.71 bits per heavy atom. The Morgan fingerprint density at radius 1 is 1.47 bits per heavy atom. The first-order valence-corrected chi connectivity index (χ1v) is 5.64. The van der Waals surface area contributed by atoms with Gasteiger partial charge in [0.05, 0.1) is 16.3 Å². The van der Waals surface area contributed by atoms with E-state index in [-0.39, 0.29) is 18.1 Å². The van der Waals surface area contributed by atoms with E-state index in [1.54, 1.807) is 18.2 Å². The third-order valence-electron chi connectivity index (χ3n) is 1.90. The van der Waals surface area contributed by atoms with Gasteiger partial charge in [0.2, 0.25) is 5.91 Å². The Hall–Kier alpha value is -1.26. The van der Waals surface area contributed by atoms with E-state index in [9.17, 15) is 4.79 Å². The van der Waals surface area contributed by atoms with Crippen LogP contribution >= 0.6 is 11.6 Å². The molecular formula is C12H17ClN2O2. The second-order valence-corrected chi connectivity index (χ2v) is 5.10. The summed E-state index contributed by atoms with van der Waals surface area (Å²) in [4.78, 5) is 11.6. The zero-order valence-corrected chi connectivity index (χ0v) is 11.0. The van der Waals surface area contributed by atoms with Crippen LogP contribution in [0.3, 0.4) is 0 Å². The number of hydrogen-bond acceptors (Lipinski definition) is 3. The van der Waals surface area contributed by atoms with E-state index in [2.05, 4.69) is 5.32 Å². The van der Waals surface area contributed by atoms with Crippen molar-refractivity contribution in [2.24, 2.45) is 0 Å². The largest absolute Gasteiger partial charge is 0.399 e. The van der Waals surface area contributed by atoms with Crippen molar-refractivity contribution in [1.29, 1.82) is 0 Å². The average molecular weight is 257 g/mol. The molecule has 5 heteroatoms. The molecule has 0 fully saturated rings. The predicted molar refractivity (Wildman–Crippen MR) is 70.2 cm³/mol. The maximum Gasteiger partial charge on any atom is 0.250 e. The van der Waals surface area contributed by atoms with Gasteiger partial charge < -0.3 is 15.8 Å². The Balaban J connectivity index is 2.59. The summed E-state index contributed by atoms with van der Waals surface area (Å²) in [5.74, 6) is -0.257. The number of ether oxygens (including phenoxy) is 1. The first-order chi connectivity index (χ1) is 7.78. The van der Waals surface area contributed by atoms with E-state index < -0.39 is 0 Å². The van der Waals surface area contributed by atoms with Gasteiger partial charge in [0, 0.05) is 5.69 Å². The van der Waals surface area contributed by atoms with Crippen LogP contribution in [0.2, 0.25) is 5.02 Å². The van der Waals surface area contributed by atoms with E-state index in [1.165, 1.54) is 0 Å². The highest BCUT2D eigenvalue weighted by Gasteiger charge is 2.13. The van der Waals surface area contributed by atoms with Crippen molar-refractivity contribution >= 4 is 28.9 Å². The average Bonchev–Trinajstić information content (AvgIpc) is 2.20. The van der Waals surface area contributed by atoms with Crippen molar-refractivity contribution in [2.45, 2.75) is 26.4 Å². The number of carbonyl (C=O) groups excluding carboxylic acids is 1. The number of anilines is 2. The summed E-state index contributed by atoms with van der Waals surface area (Å²) in [6, 6.07) is 4.91. The van der Waals surface area contributed by atoms with Gasteiger partial charge in [-0.3, -0.25) is 4.79 Å². The maximum absolute atomic E-state index is 11.6. The fourth-order valence-electron chi connectivity index (χ4n) is 1.11. The monoisotopic (exact) mass is 256 g/mol. The number of carbonyl (C=O) groups is 1. The minimum Gasteiger partial charge on any atom is -0.399 e. The summed E-state index contributed by atoms with van der Waals surface area (Å²) in [6.07, 6.45) is 0. The summed E-state index contributed by atoms with van der Waals surface area (Å²) in [5.41, 5.74) is 6.29. The lowest BCUT2D eigenvalue weighted by Crippen LogP contribution is -2.27. The maximum atomic E-state index is 11.6. The Labute approximate surface area is 106 Å². The zero-order chi connectivity index (χ0) is 13.1. The second-order valence-electron chi connectivity index (χ2n) is 4.69. The van der Waals surface area contributed by atoms with Gasteiger partial charge >= 0.3 is 0 Å². The molecule has 0 saturated carbocycles. The van der Waals surface area contributed by atoms with Crippen molar-refractivity contribution in [3.05, 3.63) is 23.2 Å². The molecular weight excluding hydrogens is 240 g/mol. The number of hydrogen-bond donors (Lipinski definition) is 2. The van der Waals surface area contributed by atoms with Crippen LogP contribution in [0.5, 0.6) is 0 Å². The standard InChI is InChI=1S/C12H17ClN2O2/c1-12(2,3)17-7-11(16)15-10-6-8(14)4-5-9(10)13/h4-6H,7,14H2,1-3H3,(H,15,16). The number of benzene rings is 1. The molecule has 1 aromatic rings. The normalized spacial score (nSPS) is 11.3. The molecule has 4 nitrogen and oxygen atoms in total. The molecule has 0 aliphatic rings. The minimum atomic E-state index is -0.350.